The Kier molecular flexibility index (Phi) is 4.32. The van der Waals surface area contributed by atoms with Crippen LogP contribution in [0.2, 0.25) is 0 Å². The highest BCUT2D eigenvalue weighted by atomic mass is 32.2. The summed E-state index contributed by atoms with van der Waals surface area (Å²) in [6.45, 7) is 0. The normalized spacial score (nSPS) is 19.6. The Hall–Kier alpha value is -1.27. The minimum Gasteiger partial charge on any atom is -0.493 e. The van der Waals surface area contributed by atoms with E-state index in [9.17, 15) is 8.42 Å². The maximum Gasteiger partial charge on any atom is 0.243 e. The fourth-order valence-corrected chi connectivity index (χ4v) is 5.22. The average molecular weight is 325 g/mol. The zero-order chi connectivity index (χ0) is 15.7. The molecule has 3 rings (SSSR count). The van der Waals surface area contributed by atoms with E-state index in [2.05, 4.69) is 0 Å². The summed E-state index contributed by atoms with van der Waals surface area (Å²) in [6, 6.07) is 5.18. The molecule has 0 bridgehead atoms. The number of rotatable bonds is 6. The minimum absolute atomic E-state index is 0.158. The molecule has 0 spiro atoms. The number of methoxy groups -OCH3 is 2. The van der Waals surface area contributed by atoms with Crippen molar-refractivity contribution in [2.75, 3.05) is 14.2 Å². The van der Waals surface area contributed by atoms with Gasteiger partial charge in [0.2, 0.25) is 10.0 Å². The number of hydrogen-bond acceptors (Lipinski definition) is 4. The van der Waals surface area contributed by atoms with Gasteiger partial charge in [-0.2, -0.15) is 4.31 Å². The monoisotopic (exact) mass is 325 g/mol. The molecular weight excluding hydrogens is 302 g/mol. The average Bonchev–Trinajstić information content (AvgIpc) is 3.20. The van der Waals surface area contributed by atoms with E-state index in [-0.39, 0.29) is 12.1 Å². The lowest BCUT2D eigenvalue weighted by Crippen LogP contribution is -2.40. The minimum atomic E-state index is -3.48. The highest BCUT2D eigenvalue weighted by Gasteiger charge is 2.43. The Bertz CT molecular complexity index is 634. The molecule has 1 aromatic carbocycles. The van der Waals surface area contributed by atoms with E-state index in [1.54, 1.807) is 29.6 Å². The Morgan fingerprint density at radius 2 is 1.55 bits per heavy atom. The van der Waals surface area contributed by atoms with Crippen molar-refractivity contribution in [1.29, 1.82) is 0 Å². The van der Waals surface area contributed by atoms with Crippen molar-refractivity contribution >= 4 is 10.0 Å². The van der Waals surface area contributed by atoms with Gasteiger partial charge in [0, 0.05) is 18.2 Å². The third-order valence-corrected chi connectivity index (χ3v) is 6.52. The largest absolute Gasteiger partial charge is 0.493 e. The van der Waals surface area contributed by atoms with Crippen LogP contribution in [0, 0.1) is 0 Å². The molecule has 0 radical (unpaired) electrons. The first-order valence-electron chi connectivity index (χ1n) is 7.83. The van der Waals surface area contributed by atoms with E-state index in [1.165, 1.54) is 7.11 Å². The second-order valence-electron chi connectivity index (χ2n) is 6.02. The molecular formula is C16H23NO4S. The molecule has 0 unspecified atom stereocenters. The van der Waals surface area contributed by atoms with Crippen LogP contribution in [-0.2, 0) is 10.0 Å². The smallest absolute Gasteiger partial charge is 0.243 e. The summed E-state index contributed by atoms with van der Waals surface area (Å²) >= 11 is 0. The Morgan fingerprint density at radius 3 is 2.09 bits per heavy atom. The fourth-order valence-electron chi connectivity index (χ4n) is 3.28. The van der Waals surface area contributed by atoms with Crippen LogP contribution in [0.5, 0.6) is 11.5 Å². The van der Waals surface area contributed by atoms with Crippen LogP contribution >= 0.6 is 0 Å². The van der Waals surface area contributed by atoms with Gasteiger partial charge in [0.15, 0.2) is 11.5 Å². The maximum atomic E-state index is 13.1. The highest BCUT2D eigenvalue weighted by molar-refractivity contribution is 7.89. The summed E-state index contributed by atoms with van der Waals surface area (Å²) in [7, 11) is -0.421. The van der Waals surface area contributed by atoms with Crippen molar-refractivity contribution in [3.63, 3.8) is 0 Å². The third kappa shape index (κ3) is 2.82. The van der Waals surface area contributed by atoms with Crippen molar-refractivity contribution in [3.05, 3.63) is 18.2 Å². The Morgan fingerprint density at radius 1 is 0.955 bits per heavy atom. The molecule has 0 N–H and O–H groups in total. The molecule has 2 fully saturated rings. The van der Waals surface area contributed by atoms with Crippen molar-refractivity contribution in [3.8, 4) is 11.5 Å². The van der Waals surface area contributed by atoms with E-state index in [1.807, 2.05) is 0 Å². The van der Waals surface area contributed by atoms with E-state index >= 15 is 0 Å². The number of sulfonamides is 1. The zero-order valence-corrected chi connectivity index (χ0v) is 13.9. The summed E-state index contributed by atoms with van der Waals surface area (Å²) < 4.78 is 38.4. The van der Waals surface area contributed by atoms with Crippen molar-refractivity contribution in [2.24, 2.45) is 0 Å². The van der Waals surface area contributed by atoms with Crippen LogP contribution in [0.1, 0.15) is 38.5 Å². The van der Waals surface area contributed by atoms with Crippen LogP contribution < -0.4 is 9.47 Å². The van der Waals surface area contributed by atoms with Crippen LogP contribution in [0.3, 0.4) is 0 Å². The molecule has 0 saturated heterocycles. The SMILES string of the molecule is COc1ccc(S(=O)(=O)N(C2CCCC2)C2CC2)cc1OC. The first-order valence-corrected chi connectivity index (χ1v) is 9.27. The number of hydrogen-bond donors (Lipinski definition) is 0. The van der Waals surface area contributed by atoms with Gasteiger partial charge in [-0.15, -0.1) is 0 Å². The predicted octanol–water partition coefficient (Wildman–Crippen LogP) is 2.80. The summed E-state index contributed by atoms with van der Waals surface area (Å²) in [5.41, 5.74) is 0. The summed E-state index contributed by atoms with van der Waals surface area (Å²) in [5, 5.41) is 0. The molecule has 0 atom stereocenters. The van der Waals surface area contributed by atoms with Crippen molar-refractivity contribution < 1.29 is 17.9 Å². The Balaban J connectivity index is 1.96. The van der Waals surface area contributed by atoms with E-state index in [0.717, 1.165) is 38.5 Å². The number of benzene rings is 1. The topological polar surface area (TPSA) is 55.8 Å². The molecule has 5 nitrogen and oxygen atoms in total. The molecule has 2 saturated carbocycles. The molecule has 0 heterocycles. The van der Waals surface area contributed by atoms with Gasteiger partial charge >= 0.3 is 0 Å². The van der Waals surface area contributed by atoms with Gasteiger partial charge in [-0.05, 0) is 37.8 Å². The standard InChI is InChI=1S/C16H23NO4S/c1-20-15-10-9-14(11-16(15)21-2)22(18,19)17(13-7-8-13)12-5-3-4-6-12/h9-13H,3-8H2,1-2H3. The van der Waals surface area contributed by atoms with Crippen LogP contribution in [0.4, 0.5) is 0 Å². The van der Waals surface area contributed by atoms with E-state index in [4.69, 9.17) is 9.47 Å². The zero-order valence-electron chi connectivity index (χ0n) is 13.1. The number of ether oxygens (including phenoxy) is 2. The molecule has 0 aromatic heterocycles. The molecule has 6 heteroatoms. The molecule has 0 aliphatic heterocycles. The first-order chi connectivity index (χ1) is 10.6. The van der Waals surface area contributed by atoms with Gasteiger partial charge in [0.05, 0.1) is 19.1 Å². The predicted molar refractivity (Wildman–Crippen MR) is 83.8 cm³/mol. The molecule has 1 aromatic rings. The molecule has 122 valence electrons. The molecule has 22 heavy (non-hydrogen) atoms. The lowest BCUT2D eigenvalue weighted by atomic mass is 10.2. The van der Waals surface area contributed by atoms with Crippen molar-refractivity contribution in [1.82, 2.24) is 4.31 Å². The van der Waals surface area contributed by atoms with Crippen LogP contribution in [0.25, 0.3) is 0 Å². The maximum absolute atomic E-state index is 13.1. The van der Waals surface area contributed by atoms with Gasteiger partial charge in [0.1, 0.15) is 0 Å². The number of nitrogens with zero attached hydrogens (tertiary/aromatic N) is 1. The van der Waals surface area contributed by atoms with E-state index < -0.39 is 10.0 Å². The second kappa shape index (κ2) is 6.08. The van der Waals surface area contributed by atoms with Crippen LogP contribution in [-0.4, -0.2) is 39.0 Å². The third-order valence-electron chi connectivity index (χ3n) is 4.52. The fraction of sp³-hybridized carbons (Fsp3) is 0.625. The lowest BCUT2D eigenvalue weighted by Gasteiger charge is -2.28. The lowest BCUT2D eigenvalue weighted by molar-refractivity contribution is 0.313. The summed E-state index contributed by atoms with van der Waals surface area (Å²) in [5.74, 6) is 0.992. The summed E-state index contributed by atoms with van der Waals surface area (Å²) in [6.07, 6.45) is 6.14. The van der Waals surface area contributed by atoms with Gasteiger partial charge in [0.25, 0.3) is 0 Å². The van der Waals surface area contributed by atoms with E-state index in [0.29, 0.717) is 16.4 Å². The second-order valence-corrected chi connectivity index (χ2v) is 7.86. The highest BCUT2D eigenvalue weighted by Crippen LogP contribution is 2.40. The van der Waals surface area contributed by atoms with Gasteiger partial charge < -0.3 is 9.47 Å². The van der Waals surface area contributed by atoms with Crippen LogP contribution in [0.15, 0.2) is 23.1 Å². The Labute approximate surface area is 132 Å². The van der Waals surface area contributed by atoms with Gasteiger partial charge in [-0.1, -0.05) is 12.8 Å². The van der Waals surface area contributed by atoms with Gasteiger partial charge in [-0.25, -0.2) is 8.42 Å². The molecule has 2 aliphatic rings. The van der Waals surface area contributed by atoms with Crippen molar-refractivity contribution in [2.45, 2.75) is 55.5 Å². The summed E-state index contributed by atoms with van der Waals surface area (Å²) in [4.78, 5) is 0.295. The molecule has 0 amide bonds. The van der Waals surface area contributed by atoms with Gasteiger partial charge in [-0.3, -0.25) is 0 Å². The quantitative estimate of drug-likeness (QED) is 0.807. The first kappa shape index (κ1) is 15.6. The molecule has 2 aliphatic carbocycles.